The minimum Gasteiger partial charge on any atom is -0.391 e. The maximum absolute atomic E-state index is 9.54. The lowest BCUT2D eigenvalue weighted by molar-refractivity contribution is 0.0615. The molecular formula is C12H22N4O2. The summed E-state index contributed by atoms with van der Waals surface area (Å²) in [5.74, 6) is 1.66. The zero-order chi connectivity index (χ0) is 13.4. The molecule has 102 valence electrons. The molecule has 0 saturated heterocycles. The predicted octanol–water partition coefficient (Wildman–Crippen LogP) is 0.890. The van der Waals surface area contributed by atoms with Crippen LogP contribution in [0.2, 0.25) is 0 Å². The summed E-state index contributed by atoms with van der Waals surface area (Å²) in [6, 6.07) is 0. The van der Waals surface area contributed by atoms with Crippen molar-refractivity contribution in [2.45, 2.75) is 25.9 Å². The maximum Gasteiger partial charge on any atom is 0.134 e. The molecule has 0 aliphatic rings. The van der Waals surface area contributed by atoms with Gasteiger partial charge in [0.2, 0.25) is 0 Å². The first-order chi connectivity index (χ1) is 8.72. The molecule has 0 fully saturated rings. The van der Waals surface area contributed by atoms with Gasteiger partial charge in [0.15, 0.2) is 0 Å². The number of anilines is 2. The van der Waals surface area contributed by atoms with Gasteiger partial charge in [0.1, 0.15) is 18.0 Å². The lowest BCUT2D eigenvalue weighted by atomic mass is 10.2. The van der Waals surface area contributed by atoms with Crippen LogP contribution in [0.4, 0.5) is 11.6 Å². The molecule has 1 aromatic heterocycles. The summed E-state index contributed by atoms with van der Waals surface area (Å²) in [5.41, 5.74) is 1.06. The van der Waals surface area contributed by atoms with E-state index >= 15 is 0 Å². The number of aliphatic hydroxyl groups is 1. The number of methoxy groups -OCH3 is 1. The lowest BCUT2D eigenvalue weighted by Crippen LogP contribution is -2.19. The number of rotatable bonds is 8. The van der Waals surface area contributed by atoms with E-state index in [9.17, 15) is 5.11 Å². The summed E-state index contributed by atoms with van der Waals surface area (Å²) in [7, 11) is 3.42. The normalized spacial score (nSPS) is 12.2. The van der Waals surface area contributed by atoms with Gasteiger partial charge < -0.3 is 20.5 Å². The van der Waals surface area contributed by atoms with Gasteiger partial charge in [-0.25, -0.2) is 9.97 Å². The monoisotopic (exact) mass is 254 g/mol. The van der Waals surface area contributed by atoms with E-state index in [0.29, 0.717) is 19.6 Å². The number of hydrogen-bond donors (Lipinski definition) is 3. The molecule has 6 nitrogen and oxygen atoms in total. The van der Waals surface area contributed by atoms with Crippen LogP contribution in [0.1, 0.15) is 18.9 Å². The Morgan fingerprint density at radius 3 is 2.72 bits per heavy atom. The van der Waals surface area contributed by atoms with Gasteiger partial charge in [-0.3, -0.25) is 0 Å². The number of nitrogens with one attached hydrogen (secondary N) is 2. The summed E-state index contributed by atoms with van der Waals surface area (Å²) < 4.78 is 4.87. The Morgan fingerprint density at radius 1 is 1.39 bits per heavy atom. The molecule has 0 saturated carbocycles. The van der Waals surface area contributed by atoms with E-state index in [4.69, 9.17) is 4.74 Å². The van der Waals surface area contributed by atoms with Crippen molar-refractivity contribution in [2.75, 3.05) is 37.9 Å². The summed E-state index contributed by atoms with van der Waals surface area (Å²) in [6.45, 7) is 3.07. The summed E-state index contributed by atoms with van der Waals surface area (Å²) in [4.78, 5) is 8.40. The third-order valence-electron chi connectivity index (χ3n) is 2.66. The van der Waals surface area contributed by atoms with Crippen LogP contribution in [-0.2, 0) is 11.2 Å². The first kappa shape index (κ1) is 14.7. The third kappa shape index (κ3) is 4.12. The van der Waals surface area contributed by atoms with Gasteiger partial charge in [-0.05, 0) is 12.8 Å². The SMILES string of the molecule is CCc1c(NC)ncnc1NCCC(O)COC. The minimum absolute atomic E-state index is 0.355. The topological polar surface area (TPSA) is 79.3 Å². The van der Waals surface area contributed by atoms with Crippen molar-refractivity contribution >= 4 is 11.6 Å². The number of ether oxygens (including phenoxy) is 1. The lowest BCUT2D eigenvalue weighted by Gasteiger charge is -2.14. The molecule has 0 spiro atoms. The van der Waals surface area contributed by atoms with Crippen LogP contribution < -0.4 is 10.6 Å². The number of hydrogen-bond acceptors (Lipinski definition) is 6. The molecule has 3 N–H and O–H groups in total. The highest BCUT2D eigenvalue weighted by atomic mass is 16.5. The van der Waals surface area contributed by atoms with Crippen LogP contribution in [0.25, 0.3) is 0 Å². The zero-order valence-electron chi connectivity index (χ0n) is 11.2. The molecule has 0 amide bonds. The van der Waals surface area contributed by atoms with Gasteiger partial charge in [-0.2, -0.15) is 0 Å². The van der Waals surface area contributed by atoms with Crippen molar-refractivity contribution in [3.05, 3.63) is 11.9 Å². The molecule has 6 heteroatoms. The van der Waals surface area contributed by atoms with Crippen molar-refractivity contribution in [1.29, 1.82) is 0 Å². The van der Waals surface area contributed by atoms with Gasteiger partial charge in [-0.1, -0.05) is 6.92 Å². The Hall–Kier alpha value is -1.40. The maximum atomic E-state index is 9.54. The Morgan fingerprint density at radius 2 is 2.11 bits per heavy atom. The first-order valence-corrected chi connectivity index (χ1v) is 6.15. The quantitative estimate of drug-likeness (QED) is 0.639. The van der Waals surface area contributed by atoms with E-state index in [0.717, 1.165) is 23.6 Å². The van der Waals surface area contributed by atoms with Gasteiger partial charge >= 0.3 is 0 Å². The Bertz CT molecular complexity index is 360. The molecular weight excluding hydrogens is 232 g/mol. The fraction of sp³-hybridized carbons (Fsp3) is 0.667. The van der Waals surface area contributed by atoms with Crippen molar-refractivity contribution in [2.24, 2.45) is 0 Å². The third-order valence-corrected chi connectivity index (χ3v) is 2.66. The molecule has 1 heterocycles. The van der Waals surface area contributed by atoms with E-state index in [1.165, 1.54) is 6.33 Å². The second-order valence-electron chi connectivity index (χ2n) is 3.98. The van der Waals surface area contributed by atoms with Crippen LogP contribution in [-0.4, -0.2) is 48.5 Å². The molecule has 18 heavy (non-hydrogen) atoms. The molecule has 0 aromatic carbocycles. The van der Waals surface area contributed by atoms with Gasteiger partial charge in [-0.15, -0.1) is 0 Å². The van der Waals surface area contributed by atoms with E-state index in [2.05, 4.69) is 27.5 Å². The highest BCUT2D eigenvalue weighted by Gasteiger charge is 2.09. The second-order valence-corrected chi connectivity index (χ2v) is 3.98. The molecule has 1 rings (SSSR count). The van der Waals surface area contributed by atoms with Gasteiger partial charge in [0, 0.05) is 26.3 Å². The highest BCUT2D eigenvalue weighted by Crippen LogP contribution is 2.19. The van der Waals surface area contributed by atoms with E-state index in [-0.39, 0.29) is 0 Å². The second kappa shape index (κ2) is 7.84. The van der Waals surface area contributed by atoms with E-state index < -0.39 is 6.10 Å². The summed E-state index contributed by atoms with van der Waals surface area (Å²) >= 11 is 0. The van der Waals surface area contributed by atoms with Crippen molar-refractivity contribution in [3.63, 3.8) is 0 Å². The smallest absolute Gasteiger partial charge is 0.134 e. The highest BCUT2D eigenvalue weighted by molar-refractivity contribution is 5.56. The standard InChI is InChI=1S/C12H22N4O2/c1-4-10-11(13-2)15-8-16-12(10)14-6-5-9(17)7-18-3/h8-9,17H,4-7H2,1-3H3,(H2,13,14,15,16). The van der Waals surface area contributed by atoms with Crippen molar-refractivity contribution in [1.82, 2.24) is 9.97 Å². The minimum atomic E-state index is -0.446. The number of nitrogens with zero attached hydrogens (tertiary/aromatic N) is 2. The molecule has 0 radical (unpaired) electrons. The number of aromatic nitrogens is 2. The average molecular weight is 254 g/mol. The van der Waals surface area contributed by atoms with Crippen LogP contribution in [0.3, 0.4) is 0 Å². The van der Waals surface area contributed by atoms with Crippen LogP contribution in [0, 0.1) is 0 Å². The molecule has 1 unspecified atom stereocenters. The average Bonchev–Trinajstić information content (AvgIpc) is 2.38. The van der Waals surface area contributed by atoms with Gasteiger partial charge in [0.05, 0.1) is 12.7 Å². The van der Waals surface area contributed by atoms with Crippen LogP contribution in [0.5, 0.6) is 0 Å². The molecule has 1 aromatic rings. The van der Waals surface area contributed by atoms with Crippen LogP contribution >= 0.6 is 0 Å². The molecule has 1 atom stereocenters. The molecule has 0 aliphatic carbocycles. The Kier molecular flexibility index (Phi) is 6.38. The predicted molar refractivity (Wildman–Crippen MR) is 71.9 cm³/mol. The fourth-order valence-electron chi connectivity index (χ4n) is 1.75. The molecule has 0 aliphatic heterocycles. The Labute approximate surface area is 108 Å². The largest absolute Gasteiger partial charge is 0.391 e. The number of aliphatic hydroxyl groups excluding tert-OH is 1. The summed E-state index contributed by atoms with van der Waals surface area (Å²) in [6.07, 6.45) is 2.55. The molecule has 0 bridgehead atoms. The van der Waals surface area contributed by atoms with E-state index in [1.54, 1.807) is 7.11 Å². The first-order valence-electron chi connectivity index (χ1n) is 6.15. The fourth-order valence-corrected chi connectivity index (χ4v) is 1.75. The van der Waals surface area contributed by atoms with Crippen LogP contribution in [0.15, 0.2) is 6.33 Å². The van der Waals surface area contributed by atoms with Crippen molar-refractivity contribution < 1.29 is 9.84 Å². The Balaban J connectivity index is 2.56. The van der Waals surface area contributed by atoms with Crippen molar-refractivity contribution in [3.8, 4) is 0 Å². The van der Waals surface area contributed by atoms with Gasteiger partial charge in [0.25, 0.3) is 0 Å². The van der Waals surface area contributed by atoms with E-state index in [1.807, 2.05) is 7.05 Å². The summed E-state index contributed by atoms with van der Waals surface area (Å²) in [5, 5.41) is 15.8. The zero-order valence-corrected chi connectivity index (χ0v) is 11.2.